The smallest absolute Gasteiger partial charge is 0.240 e. The van der Waals surface area contributed by atoms with Crippen LogP contribution in [0.5, 0.6) is 0 Å². The van der Waals surface area contributed by atoms with Gasteiger partial charge in [0.15, 0.2) is 5.82 Å². The molecule has 29 heavy (non-hydrogen) atoms. The predicted octanol–water partition coefficient (Wildman–Crippen LogP) is 2.20. The third-order valence-electron chi connectivity index (χ3n) is 5.13. The molecule has 1 saturated heterocycles. The highest BCUT2D eigenvalue weighted by Gasteiger charge is 2.17. The zero-order valence-corrected chi connectivity index (χ0v) is 17.0. The zero-order chi connectivity index (χ0) is 20.2. The molecule has 0 radical (unpaired) electrons. The number of hydrogen-bond acceptors (Lipinski definition) is 6. The summed E-state index contributed by atoms with van der Waals surface area (Å²) in [5.41, 5.74) is 1.05. The van der Waals surface area contributed by atoms with Gasteiger partial charge >= 0.3 is 0 Å². The van der Waals surface area contributed by atoms with Crippen molar-refractivity contribution >= 4 is 28.7 Å². The lowest BCUT2D eigenvalue weighted by molar-refractivity contribution is -0.121. The SMILES string of the molecule is CN(C)c1nc(CNC(=O)Cn2ccc3ccccc32)nc(N2CCCCC2)n1. The largest absolute Gasteiger partial charge is 0.347 e. The standard InChI is InChI=1S/C21H27N7O/c1-26(2)20-23-18(24-21(25-20)27-11-6-3-7-12-27)14-22-19(29)15-28-13-10-16-8-4-5-9-17(16)28/h4-5,8-10,13H,3,6-7,11-12,14-15H2,1-2H3,(H,22,29). The first-order valence-corrected chi connectivity index (χ1v) is 10.1. The normalized spacial score (nSPS) is 14.2. The fraction of sp³-hybridized carbons (Fsp3) is 0.429. The number of para-hydroxylation sites is 1. The van der Waals surface area contributed by atoms with E-state index < -0.39 is 0 Å². The maximum Gasteiger partial charge on any atom is 0.240 e. The van der Waals surface area contributed by atoms with Crippen LogP contribution in [0.15, 0.2) is 36.5 Å². The Morgan fingerprint density at radius 3 is 2.66 bits per heavy atom. The van der Waals surface area contributed by atoms with Crippen LogP contribution >= 0.6 is 0 Å². The summed E-state index contributed by atoms with van der Waals surface area (Å²) in [6.45, 7) is 2.47. The van der Waals surface area contributed by atoms with Crippen LogP contribution < -0.4 is 15.1 Å². The van der Waals surface area contributed by atoms with Crippen molar-refractivity contribution in [3.05, 3.63) is 42.4 Å². The number of carbonyl (C=O) groups is 1. The summed E-state index contributed by atoms with van der Waals surface area (Å²) >= 11 is 0. The Balaban J connectivity index is 1.45. The van der Waals surface area contributed by atoms with Crippen LogP contribution in [-0.4, -0.2) is 52.6 Å². The summed E-state index contributed by atoms with van der Waals surface area (Å²) in [6.07, 6.45) is 5.49. The van der Waals surface area contributed by atoms with E-state index in [9.17, 15) is 4.79 Å². The number of fused-ring (bicyclic) bond motifs is 1. The van der Waals surface area contributed by atoms with Crippen LogP contribution in [0.25, 0.3) is 10.9 Å². The van der Waals surface area contributed by atoms with Crippen molar-refractivity contribution < 1.29 is 4.79 Å². The average Bonchev–Trinajstić information content (AvgIpc) is 3.15. The fourth-order valence-electron chi connectivity index (χ4n) is 3.58. The molecule has 8 nitrogen and oxygen atoms in total. The van der Waals surface area contributed by atoms with Gasteiger partial charge in [-0.1, -0.05) is 18.2 Å². The van der Waals surface area contributed by atoms with Crippen LogP contribution in [0.1, 0.15) is 25.1 Å². The Kier molecular flexibility index (Phi) is 5.59. The minimum atomic E-state index is -0.0716. The van der Waals surface area contributed by atoms with Crippen molar-refractivity contribution in [3.63, 3.8) is 0 Å². The first kappa shape index (κ1) is 19.2. The number of nitrogens with one attached hydrogen (secondary N) is 1. The number of benzene rings is 1. The lowest BCUT2D eigenvalue weighted by atomic mass is 10.1. The van der Waals surface area contributed by atoms with Crippen molar-refractivity contribution in [2.75, 3.05) is 37.0 Å². The maximum absolute atomic E-state index is 12.5. The second-order valence-corrected chi connectivity index (χ2v) is 7.57. The zero-order valence-electron chi connectivity index (χ0n) is 17.0. The summed E-state index contributed by atoms with van der Waals surface area (Å²) in [5, 5.41) is 4.07. The third-order valence-corrected chi connectivity index (χ3v) is 5.13. The number of amides is 1. The molecule has 152 valence electrons. The van der Waals surface area contributed by atoms with Gasteiger partial charge in [-0.15, -0.1) is 0 Å². The molecule has 1 aliphatic rings. The lowest BCUT2D eigenvalue weighted by Gasteiger charge is -2.27. The van der Waals surface area contributed by atoms with Gasteiger partial charge in [0.2, 0.25) is 17.8 Å². The van der Waals surface area contributed by atoms with Gasteiger partial charge in [-0.3, -0.25) is 4.79 Å². The highest BCUT2D eigenvalue weighted by molar-refractivity contribution is 5.83. The van der Waals surface area contributed by atoms with Crippen molar-refractivity contribution in [2.45, 2.75) is 32.4 Å². The Hall–Kier alpha value is -3.16. The van der Waals surface area contributed by atoms with Gasteiger partial charge in [-0.25, -0.2) is 0 Å². The molecule has 1 fully saturated rings. The molecule has 8 heteroatoms. The fourth-order valence-corrected chi connectivity index (χ4v) is 3.58. The number of nitrogens with zero attached hydrogens (tertiary/aromatic N) is 6. The van der Waals surface area contributed by atoms with Crippen LogP contribution in [0, 0.1) is 0 Å². The van der Waals surface area contributed by atoms with Gasteiger partial charge in [0.1, 0.15) is 6.54 Å². The number of piperidine rings is 1. The summed E-state index contributed by atoms with van der Waals surface area (Å²) in [7, 11) is 3.82. The molecule has 2 aromatic heterocycles. The topological polar surface area (TPSA) is 79.2 Å². The van der Waals surface area contributed by atoms with E-state index in [4.69, 9.17) is 0 Å². The lowest BCUT2D eigenvalue weighted by Crippen LogP contribution is -2.33. The van der Waals surface area contributed by atoms with E-state index in [-0.39, 0.29) is 19.0 Å². The van der Waals surface area contributed by atoms with Crippen molar-refractivity contribution in [3.8, 4) is 0 Å². The van der Waals surface area contributed by atoms with Gasteiger partial charge in [0, 0.05) is 38.9 Å². The summed E-state index contributed by atoms with van der Waals surface area (Å²) < 4.78 is 1.95. The summed E-state index contributed by atoms with van der Waals surface area (Å²) in [4.78, 5) is 30.3. The molecular formula is C21H27N7O. The summed E-state index contributed by atoms with van der Waals surface area (Å²) in [6, 6.07) is 10.0. The molecule has 0 spiro atoms. The van der Waals surface area contributed by atoms with Gasteiger partial charge in [0.25, 0.3) is 0 Å². The molecular weight excluding hydrogens is 366 g/mol. The van der Waals surface area contributed by atoms with E-state index in [1.807, 2.05) is 60.1 Å². The Bertz CT molecular complexity index is 992. The molecule has 1 aromatic carbocycles. The Morgan fingerprint density at radius 1 is 1.07 bits per heavy atom. The molecule has 3 aromatic rings. The molecule has 3 heterocycles. The molecule has 0 aliphatic carbocycles. The number of hydrogen-bond donors (Lipinski definition) is 1. The van der Waals surface area contributed by atoms with Crippen molar-refractivity contribution in [2.24, 2.45) is 0 Å². The molecule has 0 atom stereocenters. The van der Waals surface area contributed by atoms with Crippen molar-refractivity contribution in [1.82, 2.24) is 24.8 Å². The van der Waals surface area contributed by atoms with Gasteiger partial charge in [0.05, 0.1) is 6.54 Å². The van der Waals surface area contributed by atoms with E-state index in [0.29, 0.717) is 17.7 Å². The molecule has 0 bridgehead atoms. The predicted molar refractivity (Wildman–Crippen MR) is 114 cm³/mol. The molecule has 0 unspecified atom stereocenters. The molecule has 1 amide bonds. The number of aromatic nitrogens is 4. The van der Waals surface area contributed by atoms with E-state index >= 15 is 0 Å². The molecule has 1 aliphatic heterocycles. The van der Waals surface area contributed by atoms with Crippen LogP contribution in [-0.2, 0) is 17.9 Å². The highest BCUT2D eigenvalue weighted by atomic mass is 16.1. The minimum Gasteiger partial charge on any atom is -0.347 e. The van der Waals surface area contributed by atoms with E-state index in [2.05, 4.69) is 25.2 Å². The van der Waals surface area contributed by atoms with Gasteiger partial charge in [-0.2, -0.15) is 15.0 Å². The second kappa shape index (κ2) is 8.46. The molecule has 0 saturated carbocycles. The van der Waals surface area contributed by atoms with E-state index in [0.717, 1.165) is 36.8 Å². The van der Waals surface area contributed by atoms with E-state index in [1.54, 1.807) is 0 Å². The summed E-state index contributed by atoms with van der Waals surface area (Å²) in [5.74, 6) is 1.82. The first-order chi connectivity index (χ1) is 14.1. The molecule has 1 N–H and O–H groups in total. The minimum absolute atomic E-state index is 0.0716. The molecule has 4 rings (SSSR count). The van der Waals surface area contributed by atoms with Gasteiger partial charge < -0.3 is 19.7 Å². The van der Waals surface area contributed by atoms with E-state index in [1.165, 1.54) is 6.42 Å². The number of carbonyl (C=O) groups excluding carboxylic acids is 1. The monoisotopic (exact) mass is 393 g/mol. The second-order valence-electron chi connectivity index (χ2n) is 7.57. The highest BCUT2D eigenvalue weighted by Crippen LogP contribution is 2.18. The van der Waals surface area contributed by atoms with Crippen LogP contribution in [0.4, 0.5) is 11.9 Å². The average molecular weight is 393 g/mol. The van der Waals surface area contributed by atoms with Gasteiger partial charge in [-0.05, 0) is 36.8 Å². The van der Waals surface area contributed by atoms with Crippen LogP contribution in [0.3, 0.4) is 0 Å². The Labute approximate surface area is 170 Å². The number of anilines is 2. The first-order valence-electron chi connectivity index (χ1n) is 10.1. The quantitative estimate of drug-likeness (QED) is 0.692. The number of rotatable bonds is 6. The van der Waals surface area contributed by atoms with Crippen molar-refractivity contribution in [1.29, 1.82) is 0 Å². The van der Waals surface area contributed by atoms with Crippen LogP contribution in [0.2, 0.25) is 0 Å². The third kappa shape index (κ3) is 4.47. The Morgan fingerprint density at radius 2 is 1.86 bits per heavy atom. The maximum atomic E-state index is 12.5.